The number of rotatable bonds is 7. The summed E-state index contributed by atoms with van der Waals surface area (Å²) in [6.07, 6.45) is 2.26. The van der Waals surface area contributed by atoms with Crippen LogP contribution in [-0.2, 0) is 16.4 Å². The van der Waals surface area contributed by atoms with Crippen LogP contribution >= 0.6 is 11.3 Å². The lowest BCUT2D eigenvalue weighted by molar-refractivity contribution is 0.326. The summed E-state index contributed by atoms with van der Waals surface area (Å²) in [5.41, 5.74) is 1.83. The van der Waals surface area contributed by atoms with Crippen LogP contribution in [0.5, 0.6) is 0 Å². The standard InChI is InChI=1S/C23H23F2N3O3S2/c1-14-19-11-15(24)5-7-22(19)32-23(14)33(29,30)27-17-8-10-28(13-17)9-2-3-20-18-6-4-16(25)12-21(18)31-26-20/h4-7,11-12,17,27H,2-3,8-10,13H2,1H3/t17-/m0/s1. The molecule has 2 aromatic heterocycles. The van der Waals surface area contributed by atoms with Crippen molar-refractivity contribution in [3.63, 3.8) is 0 Å². The molecule has 1 aliphatic heterocycles. The van der Waals surface area contributed by atoms with Crippen LogP contribution < -0.4 is 4.72 Å². The van der Waals surface area contributed by atoms with Gasteiger partial charge in [-0.05, 0) is 80.6 Å². The van der Waals surface area contributed by atoms with E-state index in [9.17, 15) is 17.2 Å². The van der Waals surface area contributed by atoms with Crippen LogP contribution in [0.4, 0.5) is 8.78 Å². The van der Waals surface area contributed by atoms with Crippen LogP contribution in [0, 0.1) is 18.6 Å². The van der Waals surface area contributed by atoms with Crippen LogP contribution in [0.3, 0.4) is 0 Å². The average Bonchev–Trinajstić information content (AvgIpc) is 3.46. The summed E-state index contributed by atoms with van der Waals surface area (Å²) in [6.45, 7) is 3.95. The van der Waals surface area contributed by atoms with Crippen molar-refractivity contribution in [2.45, 2.75) is 36.4 Å². The minimum absolute atomic E-state index is 0.174. The zero-order chi connectivity index (χ0) is 23.2. The van der Waals surface area contributed by atoms with E-state index in [1.807, 2.05) is 0 Å². The Kier molecular flexibility index (Phi) is 5.94. The molecule has 6 nitrogen and oxygen atoms in total. The smallest absolute Gasteiger partial charge is 0.250 e. The number of likely N-dealkylation sites (tertiary alicyclic amines) is 1. The molecule has 10 heteroatoms. The van der Waals surface area contributed by atoms with Gasteiger partial charge in [0.2, 0.25) is 0 Å². The van der Waals surface area contributed by atoms with E-state index in [1.54, 1.807) is 19.1 Å². The molecule has 0 bridgehead atoms. The fraction of sp³-hybridized carbons (Fsp3) is 0.348. The molecule has 0 saturated carbocycles. The molecule has 5 rings (SSSR count). The molecule has 1 fully saturated rings. The number of nitrogens with zero attached hydrogens (tertiary/aromatic N) is 2. The second-order valence-corrected chi connectivity index (χ2v) is 11.4. The Hall–Kier alpha value is -2.40. The number of hydrogen-bond acceptors (Lipinski definition) is 6. The largest absolute Gasteiger partial charge is 0.356 e. The molecule has 2 aromatic carbocycles. The number of sulfonamides is 1. The molecule has 1 saturated heterocycles. The lowest BCUT2D eigenvalue weighted by atomic mass is 10.1. The van der Waals surface area contributed by atoms with Gasteiger partial charge in [-0.2, -0.15) is 0 Å². The van der Waals surface area contributed by atoms with Crippen molar-refractivity contribution in [1.82, 2.24) is 14.8 Å². The van der Waals surface area contributed by atoms with Gasteiger partial charge in [0.25, 0.3) is 10.0 Å². The molecule has 174 valence electrons. The van der Waals surface area contributed by atoms with Gasteiger partial charge >= 0.3 is 0 Å². The van der Waals surface area contributed by atoms with Crippen LogP contribution in [0.1, 0.15) is 24.1 Å². The van der Waals surface area contributed by atoms with Gasteiger partial charge in [-0.25, -0.2) is 21.9 Å². The van der Waals surface area contributed by atoms with Crippen molar-refractivity contribution < 1.29 is 21.7 Å². The Bertz CT molecular complexity index is 1430. The summed E-state index contributed by atoms with van der Waals surface area (Å²) in [4.78, 5) is 2.22. The topological polar surface area (TPSA) is 75.4 Å². The number of aryl methyl sites for hydroxylation is 2. The number of aromatic nitrogens is 1. The van der Waals surface area contributed by atoms with Crippen molar-refractivity contribution in [3.05, 3.63) is 59.3 Å². The van der Waals surface area contributed by atoms with E-state index in [4.69, 9.17) is 4.52 Å². The first-order valence-electron chi connectivity index (χ1n) is 10.8. The highest BCUT2D eigenvalue weighted by atomic mass is 32.2. The second kappa shape index (κ2) is 8.75. The fourth-order valence-corrected chi connectivity index (χ4v) is 7.47. The third-order valence-corrected chi connectivity index (χ3v) is 9.50. The molecule has 3 heterocycles. The van der Waals surface area contributed by atoms with E-state index in [2.05, 4.69) is 14.8 Å². The molecule has 0 amide bonds. The zero-order valence-corrected chi connectivity index (χ0v) is 19.6. The Balaban J connectivity index is 1.18. The maximum Gasteiger partial charge on any atom is 0.250 e. The van der Waals surface area contributed by atoms with E-state index in [0.29, 0.717) is 29.5 Å². The fourth-order valence-electron chi connectivity index (χ4n) is 4.45. The molecular formula is C23H23F2N3O3S2. The maximum absolute atomic E-state index is 13.6. The Morgan fingerprint density at radius 2 is 1.97 bits per heavy atom. The summed E-state index contributed by atoms with van der Waals surface area (Å²) in [6, 6.07) is 8.58. The van der Waals surface area contributed by atoms with Crippen LogP contribution in [0.15, 0.2) is 45.1 Å². The van der Waals surface area contributed by atoms with E-state index < -0.39 is 10.0 Å². The number of thiophene rings is 1. The number of halogens is 2. The number of fused-ring (bicyclic) bond motifs is 2. The van der Waals surface area contributed by atoms with Gasteiger partial charge in [-0.1, -0.05) is 5.16 Å². The minimum Gasteiger partial charge on any atom is -0.356 e. The predicted octanol–water partition coefficient (Wildman–Crippen LogP) is 4.61. The van der Waals surface area contributed by atoms with Gasteiger partial charge in [0.15, 0.2) is 5.58 Å². The highest BCUT2D eigenvalue weighted by Gasteiger charge is 2.29. The number of benzene rings is 2. The lowest BCUT2D eigenvalue weighted by Gasteiger charge is -2.16. The number of hydrogen-bond donors (Lipinski definition) is 1. The van der Waals surface area contributed by atoms with Gasteiger partial charge in [-0.3, -0.25) is 0 Å². The van der Waals surface area contributed by atoms with Crippen molar-refractivity contribution >= 4 is 42.4 Å². The van der Waals surface area contributed by atoms with Gasteiger partial charge in [0.05, 0.1) is 5.69 Å². The maximum atomic E-state index is 13.6. The van der Waals surface area contributed by atoms with Gasteiger partial charge in [0.1, 0.15) is 15.8 Å². The van der Waals surface area contributed by atoms with Crippen LogP contribution in [0.2, 0.25) is 0 Å². The molecule has 0 aliphatic carbocycles. The van der Waals surface area contributed by atoms with Crippen molar-refractivity contribution in [2.24, 2.45) is 0 Å². The summed E-state index contributed by atoms with van der Waals surface area (Å²) in [5, 5.41) is 5.51. The van der Waals surface area contributed by atoms with Gasteiger partial charge < -0.3 is 9.42 Å². The predicted molar refractivity (Wildman–Crippen MR) is 124 cm³/mol. The molecule has 0 radical (unpaired) electrons. The first-order valence-corrected chi connectivity index (χ1v) is 13.1. The molecule has 4 aromatic rings. The zero-order valence-electron chi connectivity index (χ0n) is 18.0. The molecule has 1 aliphatic rings. The minimum atomic E-state index is -3.69. The van der Waals surface area contributed by atoms with Crippen LogP contribution in [-0.4, -0.2) is 44.2 Å². The molecule has 0 spiro atoms. The third kappa shape index (κ3) is 4.52. The normalized spacial score (nSPS) is 17.5. The quantitative estimate of drug-likeness (QED) is 0.409. The van der Waals surface area contributed by atoms with E-state index >= 15 is 0 Å². The summed E-state index contributed by atoms with van der Waals surface area (Å²) in [5.74, 6) is -0.730. The van der Waals surface area contributed by atoms with Gasteiger partial charge in [0, 0.05) is 28.7 Å². The van der Waals surface area contributed by atoms with E-state index in [0.717, 1.165) is 41.7 Å². The van der Waals surface area contributed by atoms with E-state index in [1.165, 1.54) is 35.6 Å². The molecule has 0 unspecified atom stereocenters. The number of nitrogens with one attached hydrogen (secondary N) is 1. The molecular weight excluding hydrogens is 468 g/mol. The average molecular weight is 492 g/mol. The summed E-state index contributed by atoms with van der Waals surface area (Å²) in [7, 11) is -3.69. The van der Waals surface area contributed by atoms with Crippen LogP contribution in [0.25, 0.3) is 21.1 Å². The van der Waals surface area contributed by atoms with Crippen molar-refractivity contribution in [2.75, 3.05) is 19.6 Å². The second-order valence-electron chi connectivity index (χ2n) is 8.44. The molecule has 1 atom stereocenters. The monoisotopic (exact) mass is 491 g/mol. The van der Waals surface area contributed by atoms with Gasteiger partial charge in [-0.15, -0.1) is 11.3 Å². The Labute approximate surface area is 194 Å². The molecule has 1 N–H and O–H groups in total. The highest BCUT2D eigenvalue weighted by Crippen LogP contribution is 2.34. The SMILES string of the molecule is Cc1c(S(=O)(=O)N[C@H]2CCN(CCCc3noc4cc(F)ccc34)C2)sc2ccc(F)cc12. The van der Waals surface area contributed by atoms with Crippen molar-refractivity contribution in [3.8, 4) is 0 Å². The Morgan fingerprint density at radius 1 is 1.18 bits per heavy atom. The third-order valence-electron chi connectivity index (χ3n) is 6.09. The van der Waals surface area contributed by atoms with Crippen molar-refractivity contribution in [1.29, 1.82) is 0 Å². The van der Waals surface area contributed by atoms with E-state index in [-0.39, 0.29) is 21.9 Å². The lowest BCUT2D eigenvalue weighted by Crippen LogP contribution is -2.37. The first-order chi connectivity index (χ1) is 15.8. The first kappa shape index (κ1) is 22.4. The summed E-state index contributed by atoms with van der Waals surface area (Å²) < 4.78 is 62.0. The summed E-state index contributed by atoms with van der Waals surface area (Å²) >= 11 is 1.17. The molecule has 33 heavy (non-hydrogen) atoms. The highest BCUT2D eigenvalue weighted by molar-refractivity contribution is 7.91. The Morgan fingerprint density at radius 3 is 2.82 bits per heavy atom.